The summed E-state index contributed by atoms with van der Waals surface area (Å²) in [6, 6.07) is 17.2. The van der Waals surface area contributed by atoms with Crippen molar-refractivity contribution in [2.75, 3.05) is 18.5 Å². The summed E-state index contributed by atoms with van der Waals surface area (Å²) in [4.78, 5) is 39.3. The van der Waals surface area contributed by atoms with Crippen LogP contribution in [0.2, 0.25) is 0 Å². The lowest BCUT2D eigenvalue weighted by Crippen LogP contribution is -2.32. The van der Waals surface area contributed by atoms with Crippen LogP contribution in [0.4, 0.5) is 5.00 Å². The molecule has 0 fully saturated rings. The highest BCUT2D eigenvalue weighted by atomic mass is 32.1. The zero-order chi connectivity index (χ0) is 30.2. The lowest BCUT2D eigenvalue weighted by atomic mass is 9.95. The fourth-order valence-electron chi connectivity index (χ4n) is 4.79. The van der Waals surface area contributed by atoms with Crippen molar-refractivity contribution in [3.63, 3.8) is 0 Å². The van der Waals surface area contributed by atoms with Crippen molar-refractivity contribution in [2.24, 2.45) is 5.10 Å². The number of esters is 1. The second-order valence-corrected chi connectivity index (χ2v) is 11.0. The molecule has 2 amide bonds. The number of para-hydroxylation sites is 1. The maximum Gasteiger partial charge on any atom is 0.341 e. The van der Waals surface area contributed by atoms with E-state index >= 15 is 0 Å². The number of aromatic nitrogens is 2. The van der Waals surface area contributed by atoms with E-state index in [4.69, 9.17) is 14.6 Å². The maximum absolute atomic E-state index is 12.8. The van der Waals surface area contributed by atoms with Crippen LogP contribution in [0.5, 0.6) is 5.75 Å². The molecular weight excluding hydrogens is 566 g/mol. The van der Waals surface area contributed by atoms with E-state index in [-0.39, 0.29) is 6.61 Å². The van der Waals surface area contributed by atoms with Gasteiger partial charge in [-0.2, -0.15) is 10.2 Å². The molecule has 10 nitrogen and oxygen atoms in total. The van der Waals surface area contributed by atoms with Crippen LogP contribution in [0, 0.1) is 0 Å². The Balaban J connectivity index is 1.33. The molecule has 2 heterocycles. The first-order chi connectivity index (χ1) is 21.0. The van der Waals surface area contributed by atoms with Crippen molar-refractivity contribution < 1.29 is 23.9 Å². The number of hydrazone groups is 1. The second-order valence-electron chi connectivity index (χ2n) is 9.87. The van der Waals surface area contributed by atoms with Crippen LogP contribution < -0.4 is 15.5 Å². The number of aryl methyl sites for hydroxylation is 1. The molecule has 0 saturated carbocycles. The Kier molecular flexibility index (Phi) is 9.63. The third-order valence-corrected chi connectivity index (χ3v) is 8.02. The highest BCUT2D eigenvalue weighted by Gasteiger charge is 2.28. The molecule has 0 spiro atoms. The minimum Gasteiger partial charge on any atom is -0.494 e. The Morgan fingerprint density at radius 2 is 1.79 bits per heavy atom. The summed E-state index contributed by atoms with van der Waals surface area (Å²) in [6.07, 6.45) is 7.68. The molecule has 0 bridgehead atoms. The van der Waals surface area contributed by atoms with Gasteiger partial charge in [0.2, 0.25) is 0 Å². The summed E-state index contributed by atoms with van der Waals surface area (Å²) < 4.78 is 12.7. The summed E-state index contributed by atoms with van der Waals surface area (Å²) in [5.41, 5.74) is 6.49. The number of nitrogens with one attached hydrogen (secondary N) is 2. The number of ether oxygens (including phenoxy) is 2. The van der Waals surface area contributed by atoms with Gasteiger partial charge in [-0.3, -0.25) is 9.59 Å². The van der Waals surface area contributed by atoms with Gasteiger partial charge in [0.05, 0.1) is 30.7 Å². The number of nitrogens with zero attached hydrogens (tertiary/aromatic N) is 3. The number of anilines is 1. The molecule has 222 valence electrons. The number of hydrogen-bond acceptors (Lipinski definition) is 8. The normalized spacial score (nSPS) is 12.5. The summed E-state index contributed by atoms with van der Waals surface area (Å²) in [7, 11) is 0. The van der Waals surface area contributed by atoms with Gasteiger partial charge in [0.25, 0.3) is 0 Å². The van der Waals surface area contributed by atoms with Crippen molar-refractivity contribution >= 4 is 40.3 Å². The lowest BCUT2D eigenvalue weighted by Gasteiger charge is -2.12. The quantitative estimate of drug-likeness (QED) is 0.107. The second kappa shape index (κ2) is 13.9. The predicted octanol–water partition coefficient (Wildman–Crippen LogP) is 5.53. The minimum absolute atomic E-state index is 0.214. The SMILES string of the molecule is CCCOc1ccc(-c2nn(-c3ccccc3)cc2/C=N/NC(=O)C(=O)Nc2sc3c(c2C(=O)OCC)CCCC3)cc1. The Morgan fingerprint density at radius 3 is 2.53 bits per heavy atom. The number of benzene rings is 2. The molecule has 1 aliphatic rings. The first kappa shape index (κ1) is 29.7. The van der Waals surface area contributed by atoms with Crippen molar-refractivity contribution in [3.8, 4) is 22.7 Å². The predicted molar refractivity (Wildman–Crippen MR) is 166 cm³/mol. The van der Waals surface area contributed by atoms with Crippen molar-refractivity contribution in [1.82, 2.24) is 15.2 Å². The first-order valence-corrected chi connectivity index (χ1v) is 15.1. The molecule has 2 N–H and O–H groups in total. The standard InChI is InChI=1S/C32H33N5O5S/c1-3-18-42-24-16-14-21(15-17-24)28-22(20-37(36-28)23-10-6-5-7-11-23)19-33-35-30(39)29(38)34-31-27(32(40)41-4-2)25-12-8-9-13-26(25)43-31/h5-7,10-11,14-17,19-20H,3-4,8-9,12-13,18H2,1-2H3,(H,34,38)(H,35,39)/b33-19+. The van der Waals surface area contributed by atoms with Crippen LogP contribution in [0.1, 0.15) is 59.5 Å². The fourth-order valence-corrected chi connectivity index (χ4v) is 6.06. The van der Waals surface area contributed by atoms with Gasteiger partial charge in [-0.15, -0.1) is 11.3 Å². The molecule has 0 unspecified atom stereocenters. The highest BCUT2D eigenvalue weighted by molar-refractivity contribution is 7.17. The third kappa shape index (κ3) is 7.00. The van der Waals surface area contributed by atoms with Gasteiger partial charge in [0.15, 0.2) is 0 Å². The Hall–Kier alpha value is -4.77. The van der Waals surface area contributed by atoms with E-state index in [1.807, 2.05) is 61.5 Å². The van der Waals surface area contributed by atoms with Crippen LogP contribution in [-0.4, -0.2) is 47.0 Å². The minimum atomic E-state index is -0.966. The average molecular weight is 600 g/mol. The lowest BCUT2D eigenvalue weighted by molar-refractivity contribution is -0.136. The molecule has 5 rings (SSSR count). The Labute approximate surface area is 253 Å². The van der Waals surface area contributed by atoms with E-state index in [9.17, 15) is 14.4 Å². The number of carbonyl (C=O) groups excluding carboxylic acids is 3. The van der Waals surface area contributed by atoms with Gasteiger partial charge in [-0.25, -0.2) is 14.9 Å². The number of fused-ring (bicyclic) bond motifs is 1. The van der Waals surface area contributed by atoms with Gasteiger partial charge in [0, 0.05) is 22.2 Å². The zero-order valence-corrected chi connectivity index (χ0v) is 24.9. The highest BCUT2D eigenvalue weighted by Crippen LogP contribution is 2.38. The first-order valence-electron chi connectivity index (χ1n) is 14.3. The van der Waals surface area contributed by atoms with Gasteiger partial charge in [0.1, 0.15) is 16.4 Å². The van der Waals surface area contributed by atoms with Gasteiger partial charge in [-0.1, -0.05) is 25.1 Å². The van der Waals surface area contributed by atoms with Crippen molar-refractivity contribution in [1.29, 1.82) is 0 Å². The number of amides is 2. The van der Waals surface area contributed by atoms with Gasteiger partial charge < -0.3 is 14.8 Å². The maximum atomic E-state index is 12.8. The average Bonchev–Trinajstić information content (AvgIpc) is 3.62. The van der Waals surface area contributed by atoms with Crippen LogP contribution >= 0.6 is 11.3 Å². The zero-order valence-electron chi connectivity index (χ0n) is 24.1. The smallest absolute Gasteiger partial charge is 0.341 e. The van der Waals surface area contributed by atoms with E-state index in [2.05, 4.69) is 15.8 Å². The molecule has 2 aromatic heterocycles. The van der Waals surface area contributed by atoms with E-state index in [0.29, 0.717) is 28.4 Å². The van der Waals surface area contributed by atoms with Crippen LogP contribution in [0.15, 0.2) is 65.9 Å². The van der Waals surface area contributed by atoms with E-state index in [1.165, 1.54) is 17.6 Å². The number of thiophene rings is 1. The summed E-state index contributed by atoms with van der Waals surface area (Å²) >= 11 is 1.32. The molecule has 0 aliphatic heterocycles. The molecule has 1 aliphatic carbocycles. The Bertz CT molecular complexity index is 1630. The van der Waals surface area contributed by atoms with Crippen molar-refractivity contribution in [3.05, 3.63) is 82.4 Å². The molecule has 4 aromatic rings. The summed E-state index contributed by atoms with van der Waals surface area (Å²) in [5, 5.41) is 11.7. The van der Waals surface area contributed by atoms with E-state index in [1.54, 1.807) is 17.8 Å². The number of rotatable bonds is 10. The van der Waals surface area contributed by atoms with Crippen LogP contribution in [0.3, 0.4) is 0 Å². The van der Waals surface area contributed by atoms with Crippen molar-refractivity contribution in [2.45, 2.75) is 46.0 Å². The molecule has 2 aromatic carbocycles. The third-order valence-electron chi connectivity index (χ3n) is 6.82. The molecule has 11 heteroatoms. The fraction of sp³-hybridized carbons (Fsp3) is 0.281. The van der Waals surface area contributed by atoms with Gasteiger partial charge >= 0.3 is 17.8 Å². The molecular formula is C32H33N5O5S. The molecule has 0 atom stereocenters. The topological polar surface area (TPSA) is 124 Å². The van der Waals surface area contributed by atoms with E-state index in [0.717, 1.165) is 59.5 Å². The largest absolute Gasteiger partial charge is 0.494 e. The number of hydrogen-bond donors (Lipinski definition) is 2. The molecule has 0 radical (unpaired) electrons. The van der Waals surface area contributed by atoms with Crippen LogP contribution in [-0.2, 0) is 27.2 Å². The summed E-state index contributed by atoms with van der Waals surface area (Å²) in [5.74, 6) is -1.63. The summed E-state index contributed by atoms with van der Waals surface area (Å²) in [6.45, 7) is 4.62. The van der Waals surface area contributed by atoms with Gasteiger partial charge in [-0.05, 0) is 81.0 Å². The Morgan fingerprint density at radius 1 is 1.02 bits per heavy atom. The van der Waals surface area contributed by atoms with Crippen LogP contribution in [0.25, 0.3) is 16.9 Å². The monoisotopic (exact) mass is 599 g/mol. The number of carbonyl (C=O) groups is 3. The van der Waals surface area contributed by atoms with E-state index < -0.39 is 17.8 Å². The molecule has 0 saturated heterocycles. The molecule has 43 heavy (non-hydrogen) atoms.